The molecule has 0 saturated heterocycles. The molecule has 224 valence electrons. The summed E-state index contributed by atoms with van der Waals surface area (Å²) in [6.45, 7) is 20.4. The predicted molar refractivity (Wildman–Crippen MR) is 158 cm³/mol. The highest BCUT2D eigenvalue weighted by Crippen LogP contribution is 2.75. The number of carboxylic acids is 1. The van der Waals surface area contributed by atoms with Crippen molar-refractivity contribution in [3.8, 4) is 0 Å². The number of carbonyl (C=O) groups excluding carboxylic acids is 2. The number of Topliss-reactive ketones (excluding diaryl/α,β-unsaturated/α-hetero) is 1. The lowest BCUT2D eigenvalue weighted by molar-refractivity contribution is -0.186. The Balaban J connectivity index is 1.56. The van der Waals surface area contributed by atoms with Gasteiger partial charge in [-0.25, -0.2) is 4.79 Å². The van der Waals surface area contributed by atoms with Gasteiger partial charge in [-0.15, -0.1) is 0 Å². The number of fused-ring (bicyclic) bond motifs is 7. The van der Waals surface area contributed by atoms with Crippen molar-refractivity contribution in [1.29, 1.82) is 0 Å². The quantitative estimate of drug-likeness (QED) is 0.352. The summed E-state index contributed by atoms with van der Waals surface area (Å²) in [5, 5.41) is 12.9. The van der Waals surface area contributed by atoms with Crippen molar-refractivity contribution in [3.63, 3.8) is 0 Å². The van der Waals surface area contributed by atoms with Crippen LogP contribution in [0.2, 0.25) is 0 Å². The van der Waals surface area contributed by atoms with Crippen molar-refractivity contribution >= 4 is 17.7 Å². The molecule has 0 aliphatic heterocycles. The molecule has 0 radical (unpaired) electrons. The summed E-state index contributed by atoms with van der Waals surface area (Å²) >= 11 is 0. The number of ketones is 1. The highest BCUT2D eigenvalue weighted by atomic mass is 16.4. The van der Waals surface area contributed by atoms with E-state index in [4.69, 9.17) is 0 Å². The third-order valence-corrected chi connectivity index (χ3v) is 14.1. The highest BCUT2D eigenvalue weighted by molar-refractivity contribution is 5.88. The summed E-state index contributed by atoms with van der Waals surface area (Å²) in [4.78, 5) is 39.3. The van der Waals surface area contributed by atoms with Crippen molar-refractivity contribution in [2.75, 3.05) is 0 Å². The molecule has 0 heterocycles. The summed E-state index contributed by atoms with van der Waals surface area (Å²) in [6.07, 6.45) is 12.1. The minimum atomic E-state index is -0.945. The molecule has 0 aromatic carbocycles. The van der Waals surface area contributed by atoms with E-state index in [2.05, 4.69) is 59.9 Å². The van der Waals surface area contributed by atoms with E-state index in [9.17, 15) is 19.5 Å². The molecule has 0 spiro atoms. The van der Waals surface area contributed by atoms with Crippen LogP contribution in [0, 0.1) is 56.2 Å². The number of nitrogens with one attached hydrogen (secondary N) is 1. The van der Waals surface area contributed by atoms with Crippen LogP contribution >= 0.6 is 0 Å². The van der Waals surface area contributed by atoms with E-state index < -0.39 is 17.4 Å². The van der Waals surface area contributed by atoms with Crippen LogP contribution in [0.4, 0.5) is 0 Å². The number of hydrogen-bond donors (Lipinski definition) is 2. The fourth-order valence-corrected chi connectivity index (χ4v) is 11.2. The van der Waals surface area contributed by atoms with Crippen molar-refractivity contribution < 1.29 is 19.5 Å². The minimum Gasteiger partial charge on any atom is -0.480 e. The van der Waals surface area contributed by atoms with Gasteiger partial charge in [0.15, 0.2) is 0 Å². The van der Waals surface area contributed by atoms with E-state index in [1.165, 1.54) is 5.57 Å². The van der Waals surface area contributed by atoms with Gasteiger partial charge in [-0.2, -0.15) is 0 Å². The molecule has 0 aromatic rings. The molecule has 1 amide bonds. The second-order valence-corrected chi connectivity index (χ2v) is 17.0. The van der Waals surface area contributed by atoms with Crippen molar-refractivity contribution in [2.45, 2.75) is 133 Å². The Hall–Kier alpha value is -1.65. The van der Waals surface area contributed by atoms with Gasteiger partial charge in [-0.3, -0.25) is 9.59 Å². The van der Waals surface area contributed by atoms with E-state index in [0.717, 1.165) is 57.8 Å². The van der Waals surface area contributed by atoms with Gasteiger partial charge in [0.25, 0.3) is 0 Å². The minimum absolute atomic E-state index is 0.00160. The third kappa shape index (κ3) is 3.94. The fourth-order valence-electron chi connectivity index (χ4n) is 11.2. The van der Waals surface area contributed by atoms with Crippen molar-refractivity contribution in [3.05, 3.63) is 11.6 Å². The number of allylic oxidation sites excluding steroid dienone is 2. The zero-order valence-corrected chi connectivity index (χ0v) is 26.7. The van der Waals surface area contributed by atoms with Crippen LogP contribution in [-0.4, -0.2) is 28.8 Å². The van der Waals surface area contributed by atoms with Crippen LogP contribution in [0.1, 0.15) is 127 Å². The number of hydrogen-bond acceptors (Lipinski definition) is 3. The van der Waals surface area contributed by atoms with E-state index in [1.807, 2.05) is 13.8 Å². The predicted octanol–water partition coefficient (Wildman–Crippen LogP) is 7.58. The number of carboxylic acid groups (broad SMARTS) is 1. The maximum absolute atomic E-state index is 14.2. The van der Waals surface area contributed by atoms with Crippen molar-refractivity contribution in [1.82, 2.24) is 5.32 Å². The monoisotopic (exact) mass is 553 g/mol. The van der Waals surface area contributed by atoms with Gasteiger partial charge in [-0.1, -0.05) is 74.0 Å². The molecule has 8 atom stereocenters. The molecule has 4 unspecified atom stereocenters. The largest absolute Gasteiger partial charge is 0.480 e. The van der Waals surface area contributed by atoms with Gasteiger partial charge in [0, 0.05) is 11.8 Å². The van der Waals surface area contributed by atoms with Crippen LogP contribution in [0.15, 0.2) is 11.6 Å². The normalized spacial score (nSPS) is 44.3. The summed E-state index contributed by atoms with van der Waals surface area (Å²) in [6, 6.07) is -0.861. The van der Waals surface area contributed by atoms with Gasteiger partial charge in [0.1, 0.15) is 11.8 Å². The van der Waals surface area contributed by atoms with Crippen LogP contribution in [-0.2, 0) is 14.4 Å². The second kappa shape index (κ2) is 9.17. The topological polar surface area (TPSA) is 83.5 Å². The standard InChI is InChI=1S/C35H55NO4/c1-21(2)27(28(38)39)36-29(40)35-18-16-30(3,4)20-23(35)22-10-11-25-32(7)14-13-26(37)31(5,6)24(32)12-15-34(25,9)33(22,8)17-19-35/h10,21,23-25,27H,11-20H2,1-9H3,(H,36,40)(H,38,39)/t23?,24?,25?,27?,32-,33+,34+,35-/m0/s1. The molecule has 2 N–H and O–H groups in total. The zero-order valence-electron chi connectivity index (χ0n) is 26.7. The number of aliphatic carboxylic acids is 1. The molecule has 40 heavy (non-hydrogen) atoms. The van der Waals surface area contributed by atoms with Crippen molar-refractivity contribution in [2.24, 2.45) is 56.2 Å². The van der Waals surface area contributed by atoms with Gasteiger partial charge in [0.05, 0.1) is 5.41 Å². The van der Waals surface area contributed by atoms with E-state index in [1.54, 1.807) is 0 Å². The molecule has 5 heteroatoms. The Kier molecular flexibility index (Phi) is 6.84. The van der Waals surface area contributed by atoms with Crippen LogP contribution < -0.4 is 5.32 Å². The van der Waals surface area contributed by atoms with E-state index in [0.29, 0.717) is 24.0 Å². The third-order valence-electron chi connectivity index (χ3n) is 14.1. The number of amides is 1. The molecular formula is C35H55NO4. The molecule has 5 aliphatic rings. The maximum Gasteiger partial charge on any atom is 0.326 e. The van der Waals surface area contributed by atoms with Gasteiger partial charge in [-0.05, 0) is 103 Å². The van der Waals surface area contributed by atoms with Gasteiger partial charge in [0.2, 0.25) is 5.91 Å². The summed E-state index contributed by atoms with van der Waals surface area (Å²) in [7, 11) is 0. The first-order valence-corrected chi connectivity index (χ1v) is 16.1. The smallest absolute Gasteiger partial charge is 0.326 e. The Bertz CT molecular complexity index is 1130. The summed E-state index contributed by atoms with van der Waals surface area (Å²) in [5.41, 5.74) is 1.10. The highest BCUT2D eigenvalue weighted by Gasteiger charge is 2.69. The zero-order chi connectivity index (χ0) is 29.7. The van der Waals surface area contributed by atoms with Gasteiger partial charge >= 0.3 is 5.97 Å². The SMILES string of the molecule is CC(C)C(NC(=O)[C@]12CCC(C)(C)CC1C1=CCC3[C@@]4(C)CCC(=O)C(C)(C)C4CC[C@@]3(C)[C@]1(C)CC2)C(=O)O. The Morgan fingerprint density at radius 3 is 2.20 bits per heavy atom. The Labute approximate surface area is 242 Å². The molecule has 5 nitrogen and oxygen atoms in total. The first-order chi connectivity index (χ1) is 18.4. The van der Waals surface area contributed by atoms with E-state index in [-0.39, 0.29) is 44.8 Å². The summed E-state index contributed by atoms with van der Waals surface area (Å²) in [5.74, 6) is 0.382. The Morgan fingerprint density at radius 1 is 0.925 bits per heavy atom. The Morgan fingerprint density at radius 2 is 1.57 bits per heavy atom. The first-order valence-electron chi connectivity index (χ1n) is 16.1. The van der Waals surface area contributed by atoms with E-state index >= 15 is 0 Å². The maximum atomic E-state index is 14.2. The van der Waals surface area contributed by atoms with Crippen LogP contribution in [0.25, 0.3) is 0 Å². The molecular weight excluding hydrogens is 498 g/mol. The number of carbonyl (C=O) groups is 3. The molecule has 0 bridgehead atoms. The average Bonchev–Trinajstić information content (AvgIpc) is 2.84. The fraction of sp³-hybridized carbons (Fsp3) is 0.857. The van der Waals surface area contributed by atoms with Crippen LogP contribution in [0.5, 0.6) is 0 Å². The first kappa shape index (κ1) is 29.8. The summed E-state index contributed by atoms with van der Waals surface area (Å²) < 4.78 is 0. The van der Waals surface area contributed by atoms with Crippen LogP contribution in [0.3, 0.4) is 0 Å². The molecule has 0 aromatic heterocycles. The molecule has 5 aliphatic carbocycles. The van der Waals surface area contributed by atoms with Gasteiger partial charge < -0.3 is 10.4 Å². The lowest BCUT2D eigenvalue weighted by Crippen LogP contribution is -2.65. The lowest BCUT2D eigenvalue weighted by Gasteiger charge is -2.70. The number of rotatable bonds is 4. The molecule has 4 fully saturated rings. The lowest BCUT2D eigenvalue weighted by atomic mass is 9.33. The molecule has 4 saturated carbocycles. The average molecular weight is 554 g/mol. The second-order valence-electron chi connectivity index (χ2n) is 17.0. The molecule has 5 rings (SSSR count).